The summed E-state index contributed by atoms with van der Waals surface area (Å²) in [7, 11) is 0. The third kappa shape index (κ3) is 35.5. The summed E-state index contributed by atoms with van der Waals surface area (Å²) >= 11 is 5.78. The van der Waals surface area contributed by atoms with Crippen molar-refractivity contribution < 1.29 is 28.6 Å². The van der Waals surface area contributed by atoms with Crippen LogP contribution in [-0.4, -0.2) is 12.4 Å². The van der Waals surface area contributed by atoms with Gasteiger partial charge in [0.25, 0.3) is 0 Å². The van der Waals surface area contributed by atoms with Gasteiger partial charge in [-0.15, -0.1) is 0 Å². The molecule has 6 heteroatoms. The Morgan fingerprint density at radius 1 is 0.474 bits per heavy atom. The normalized spacial score (nSPS) is 12.9. The van der Waals surface area contributed by atoms with Crippen LogP contribution < -0.4 is 0 Å². The van der Waals surface area contributed by atoms with Gasteiger partial charge in [-0.05, 0) is 12.8 Å². The number of hydrogen-bond acceptors (Lipinski definition) is 3. The second-order valence-corrected chi connectivity index (χ2v) is 17.8. The van der Waals surface area contributed by atoms with Gasteiger partial charge in [0, 0.05) is 25.2 Å². The summed E-state index contributed by atoms with van der Waals surface area (Å²) in [4.78, 5) is 0. The quantitative estimate of drug-likeness (QED) is 0.0342. The Bertz CT molecular complexity index is 444. The molecule has 0 bridgehead atoms. The maximum Gasteiger partial charge on any atom is 0.310 e. The van der Waals surface area contributed by atoms with Gasteiger partial charge in [-0.3, -0.25) is 4.57 Å². The standard InChI is InChI=1S/C32H67O2PS2.Zn/c1-3-5-7-9-11-13-15-17-19-21-23-25-27-29-31-34-35(33,36)37-32-30-28-26-24-22-20-18-16-14-12-10-8-6-4-2;/h3-32H2,1-2H3,(H,33,36);. The SMILES string of the molecule is CCCCCCCCCCCCCCCCOP(=O)(S)SCCCCCCCCCCCCCCCC.[Zn]. The van der Waals surface area contributed by atoms with Crippen LogP contribution in [0.3, 0.4) is 0 Å². The molecule has 0 radical (unpaired) electrons. The second kappa shape index (κ2) is 34.7. The fraction of sp³-hybridized carbons (Fsp3) is 1.00. The van der Waals surface area contributed by atoms with Gasteiger partial charge in [-0.2, -0.15) is 0 Å². The van der Waals surface area contributed by atoms with E-state index in [1.807, 2.05) is 0 Å². The molecule has 0 rings (SSSR count). The van der Waals surface area contributed by atoms with E-state index in [0.29, 0.717) is 6.61 Å². The molecule has 38 heavy (non-hydrogen) atoms. The van der Waals surface area contributed by atoms with Crippen molar-refractivity contribution in [2.24, 2.45) is 0 Å². The van der Waals surface area contributed by atoms with Crippen molar-refractivity contribution in [3.05, 3.63) is 0 Å². The summed E-state index contributed by atoms with van der Waals surface area (Å²) in [6.07, 6.45) is 38.1. The van der Waals surface area contributed by atoms with E-state index in [0.717, 1.165) is 18.6 Å². The zero-order valence-electron chi connectivity index (χ0n) is 26.0. The van der Waals surface area contributed by atoms with E-state index >= 15 is 0 Å². The Labute approximate surface area is 262 Å². The molecule has 0 aromatic carbocycles. The average Bonchev–Trinajstić information content (AvgIpc) is 2.88. The van der Waals surface area contributed by atoms with Crippen LogP contribution in [0.1, 0.15) is 194 Å². The van der Waals surface area contributed by atoms with Gasteiger partial charge in [0.2, 0.25) is 0 Å². The number of thiol groups is 1. The van der Waals surface area contributed by atoms with Crippen LogP contribution in [0.2, 0.25) is 0 Å². The second-order valence-electron chi connectivity index (χ2n) is 11.3. The minimum Gasteiger partial charge on any atom is -0.314 e. The van der Waals surface area contributed by atoms with Crippen LogP contribution in [0.4, 0.5) is 0 Å². The van der Waals surface area contributed by atoms with E-state index in [4.69, 9.17) is 4.52 Å². The number of unbranched alkanes of at least 4 members (excludes halogenated alkanes) is 26. The van der Waals surface area contributed by atoms with Crippen LogP contribution in [0.25, 0.3) is 0 Å². The number of hydrogen-bond donors (Lipinski definition) is 1. The van der Waals surface area contributed by atoms with Crippen molar-refractivity contribution in [2.75, 3.05) is 12.4 Å². The predicted octanol–water partition coefficient (Wildman–Crippen LogP) is 13.7. The van der Waals surface area contributed by atoms with E-state index < -0.39 is 5.77 Å². The molecular formula is C32H67O2PS2Zn. The molecule has 0 heterocycles. The Morgan fingerprint density at radius 2 is 0.737 bits per heavy atom. The Hall–Kier alpha value is 1.51. The maximum atomic E-state index is 12.5. The van der Waals surface area contributed by atoms with Crippen molar-refractivity contribution in [1.29, 1.82) is 0 Å². The van der Waals surface area contributed by atoms with Crippen LogP contribution in [0, 0.1) is 0 Å². The van der Waals surface area contributed by atoms with Crippen LogP contribution >= 0.6 is 29.4 Å². The summed E-state index contributed by atoms with van der Waals surface area (Å²) in [6.45, 7) is 5.17. The van der Waals surface area contributed by atoms with E-state index in [2.05, 4.69) is 26.1 Å². The van der Waals surface area contributed by atoms with Crippen molar-refractivity contribution in [1.82, 2.24) is 0 Å². The van der Waals surface area contributed by atoms with E-state index in [-0.39, 0.29) is 19.5 Å². The van der Waals surface area contributed by atoms with Crippen molar-refractivity contribution in [3.8, 4) is 0 Å². The van der Waals surface area contributed by atoms with E-state index in [1.165, 1.54) is 178 Å². The van der Waals surface area contributed by atoms with Gasteiger partial charge >= 0.3 is 5.77 Å². The summed E-state index contributed by atoms with van der Waals surface area (Å²) in [5, 5.41) is 0. The molecule has 0 aliphatic heterocycles. The zero-order chi connectivity index (χ0) is 27.1. The molecule has 226 valence electrons. The molecule has 0 aromatic heterocycles. The third-order valence-electron chi connectivity index (χ3n) is 7.50. The summed E-state index contributed by atoms with van der Waals surface area (Å²) in [5.41, 5.74) is 0. The monoisotopic (exact) mass is 642 g/mol. The van der Waals surface area contributed by atoms with Crippen LogP contribution in [-0.2, 0) is 28.6 Å². The van der Waals surface area contributed by atoms with E-state index in [1.54, 1.807) is 0 Å². The molecule has 0 fully saturated rings. The van der Waals surface area contributed by atoms with Gasteiger partial charge in [0.15, 0.2) is 0 Å². The molecule has 0 aliphatic rings. The summed E-state index contributed by atoms with van der Waals surface area (Å²) in [5.74, 6) is -1.84. The smallest absolute Gasteiger partial charge is 0.310 e. The van der Waals surface area contributed by atoms with E-state index in [9.17, 15) is 4.57 Å². The Kier molecular flexibility index (Phi) is 38.0. The van der Waals surface area contributed by atoms with Gasteiger partial charge in [0.05, 0.1) is 6.61 Å². The maximum absolute atomic E-state index is 12.5. The van der Waals surface area contributed by atoms with Gasteiger partial charge < -0.3 is 4.52 Å². The minimum absolute atomic E-state index is 0. The molecule has 1 atom stereocenters. The van der Waals surface area contributed by atoms with Crippen LogP contribution in [0.15, 0.2) is 0 Å². The first-order valence-electron chi connectivity index (χ1n) is 16.7. The van der Waals surface area contributed by atoms with Crippen LogP contribution in [0.5, 0.6) is 0 Å². The molecule has 0 amide bonds. The first-order chi connectivity index (χ1) is 18.1. The Morgan fingerprint density at radius 3 is 1.05 bits per heavy atom. The summed E-state index contributed by atoms with van der Waals surface area (Å²) < 4.78 is 18.1. The third-order valence-corrected chi connectivity index (χ3v) is 12.0. The van der Waals surface area contributed by atoms with Gasteiger partial charge in [-0.1, -0.05) is 204 Å². The summed E-state index contributed by atoms with van der Waals surface area (Å²) in [6, 6.07) is 0. The molecule has 0 aromatic rings. The molecule has 0 saturated heterocycles. The molecular weight excluding hydrogens is 577 g/mol. The predicted molar refractivity (Wildman–Crippen MR) is 176 cm³/mol. The van der Waals surface area contributed by atoms with Crippen molar-refractivity contribution in [3.63, 3.8) is 0 Å². The largest absolute Gasteiger partial charge is 0.314 e. The Balaban J connectivity index is 0. The molecule has 0 saturated carbocycles. The first kappa shape index (κ1) is 41.6. The first-order valence-corrected chi connectivity index (χ1v) is 21.1. The molecule has 0 spiro atoms. The van der Waals surface area contributed by atoms with Gasteiger partial charge in [0.1, 0.15) is 0 Å². The average molecular weight is 644 g/mol. The zero-order valence-corrected chi connectivity index (χ0v) is 31.6. The van der Waals surface area contributed by atoms with Crippen molar-refractivity contribution in [2.45, 2.75) is 194 Å². The fourth-order valence-corrected chi connectivity index (χ4v) is 8.50. The van der Waals surface area contributed by atoms with Gasteiger partial charge in [-0.25, -0.2) is 0 Å². The molecule has 0 N–H and O–H groups in total. The molecule has 0 aliphatic carbocycles. The fourth-order valence-electron chi connectivity index (χ4n) is 4.99. The van der Waals surface area contributed by atoms with Crippen molar-refractivity contribution >= 4 is 29.4 Å². The molecule has 2 nitrogen and oxygen atoms in total. The number of rotatable bonds is 32. The molecule has 1 unspecified atom stereocenters. The minimum atomic E-state index is -2.75. The topological polar surface area (TPSA) is 26.3 Å².